The lowest BCUT2D eigenvalue weighted by atomic mass is 9.87. The number of benzene rings is 2. The van der Waals surface area contributed by atoms with Crippen LogP contribution in [0, 0.1) is 6.92 Å². The van der Waals surface area contributed by atoms with Crippen LogP contribution >= 0.6 is 11.8 Å². The van der Waals surface area contributed by atoms with Crippen LogP contribution in [0.3, 0.4) is 0 Å². The van der Waals surface area contributed by atoms with Crippen LogP contribution in [-0.2, 0) is 6.42 Å². The second kappa shape index (κ2) is 6.02. The molecule has 0 aromatic heterocycles. The van der Waals surface area contributed by atoms with Crippen molar-refractivity contribution in [1.29, 1.82) is 0 Å². The molecule has 2 aromatic carbocycles. The van der Waals surface area contributed by atoms with Crippen LogP contribution in [0.15, 0.2) is 53.4 Å². The molecule has 0 bridgehead atoms. The summed E-state index contributed by atoms with van der Waals surface area (Å²) in [7, 11) is 2.08. The van der Waals surface area contributed by atoms with Gasteiger partial charge in [-0.2, -0.15) is 0 Å². The van der Waals surface area contributed by atoms with Gasteiger partial charge in [-0.25, -0.2) is 0 Å². The third-order valence-electron chi connectivity index (χ3n) is 4.14. The number of nitrogens with one attached hydrogen (secondary N) is 1. The van der Waals surface area contributed by atoms with E-state index in [0.717, 1.165) is 0 Å². The van der Waals surface area contributed by atoms with Crippen LogP contribution in [-0.4, -0.2) is 12.3 Å². The molecule has 2 aromatic rings. The summed E-state index contributed by atoms with van der Waals surface area (Å²) in [5.41, 5.74) is 4.37. The summed E-state index contributed by atoms with van der Waals surface area (Å²) >= 11 is 2.02. The zero-order chi connectivity index (χ0) is 13.9. The SMILES string of the molecule is CNC1c2ccccc2CCC1Sc1ccccc1C. The Morgan fingerprint density at radius 1 is 1.05 bits per heavy atom. The Bertz CT molecular complexity index is 593. The van der Waals surface area contributed by atoms with Crippen molar-refractivity contribution < 1.29 is 0 Å². The number of thioether (sulfide) groups is 1. The fourth-order valence-corrected chi connectivity index (χ4v) is 4.44. The van der Waals surface area contributed by atoms with E-state index in [-0.39, 0.29) is 0 Å². The zero-order valence-corrected chi connectivity index (χ0v) is 12.9. The van der Waals surface area contributed by atoms with Crippen LogP contribution in [0.4, 0.5) is 0 Å². The standard InChI is InChI=1S/C18H21NS/c1-13-7-3-6-10-16(13)20-17-12-11-14-8-4-5-9-15(14)18(17)19-2/h3-10,17-19H,11-12H2,1-2H3. The highest BCUT2D eigenvalue weighted by Gasteiger charge is 2.29. The van der Waals surface area contributed by atoms with Crippen LogP contribution in [0.25, 0.3) is 0 Å². The average molecular weight is 283 g/mol. The van der Waals surface area contributed by atoms with E-state index in [1.807, 2.05) is 11.8 Å². The molecule has 0 saturated heterocycles. The molecule has 2 heteroatoms. The molecule has 2 atom stereocenters. The third-order valence-corrected chi connectivity index (χ3v) is 5.67. The minimum Gasteiger partial charge on any atom is -0.312 e. The van der Waals surface area contributed by atoms with E-state index in [9.17, 15) is 0 Å². The molecule has 2 unspecified atom stereocenters. The maximum absolute atomic E-state index is 3.53. The first-order chi connectivity index (χ1) is 9.79. The van der Waals surface area contributed by atoms with Gasteiger partial charge in [0.1, 0.15) is 0 Å². The monoisotopic (exact) mass is 283 g/mol. The highest BCUT2D eigenvalue weighted by Crippen LogP contribution is 2.40. The molecule has 0 aliphatic heterocycles. The van der Waals surface area contributed by atoms with Gasteiger partial charge >= 0.3 is 0 Å². The maximum Gasteiger partial charge on any atom is 0.0444 e. The third kappa shape index (κ3) is 2.63. The van der Waals surface area contributed by atoms with Gasteiger partial charge in [0.05, 0.1) is 0 Å². The van der Waals surface area contributed by atoms with Crippen LogP contribution in [0.2, 0.25) is 0 Å². The highest BCUT2D eigenvalue weighted by molar-refractivity contribution is 8.00. The molecule has 0 spiro atoms. The number of hydrogen-bond donors (Lipinski definition) is 1. The van der Waals surface area contributed by atoms with E-state index in [4.69, 9.17) is 0 Å². The minimum absolute atomic E-state index is 0.449. The molecule has 1 aliphatic rings. The van der Waals surface area contributed by atoms with E-state index in [1.54, 1.807) is 0 Å². The first-order valence-electron chi connectivity index (χ1n) is 7.27. The van der Waals surface area contributed by atoms with Crippen molar-refractivity contribution in [2.45, 2.75) is 36.0 Å². The Labute approximate surface area is 125 Å². The molecule has 20 heavy (non-hydrogen) atoms. The summed E-state index contributed by atoms with van der Waals surface area (Å²) in [4.78, 5) is 1.41. The molecule has 3 rings (SSSR count). The van der Waals surface area contributed by atoms with Crippen LogP contribution < -0.4 is 5.32 Å². The van der Waals surface area contributed by atoms with Gasteiger partial charge in [-0.1, -0.05) is 42.5 Å². The Balaban J connectivity index is 1.87. The molecule has 1 aliphatic carbocycles. The van der Waals surface area contributed by atoms with E-state index < -0.39 is 0 Å². The normalized spacial score (nSPS) is 21.5. The lowest BCUT2D eigenvalue weighted by Gasteiger charge is -2.33. The second-order valence-electron chi connectivity index (χ2n) is 5.43. The predicted molar refractivity (Wildman–Crippen MR) is 87.4 cm³/mol. The lowest BCUT2D eigenvalue weighted by molar-refractivity contribution is 0.510. The summed E-state index contributed by atoms with van der Waals surface area (Å²) in [5.74, 6) is 0. The van der Waals surface area contributed by atoms with Crippen molar-refractivity contribution in [2.24, 2.45) is 0 Å². The lowest BCUT2D eigenvalue weighted by Crippen LogP contribution is -2.32. The summed E-state index contributed by atoms with van der Waals surface area (Å²) in [6.45, 7) is 2.20. The van der Waals surface area contributed by atoms with Crippen molar-refractivity contribution in [1.82, 2.24) is 5.32 Å². The van der Waals surface area contributed by atoms with Crippen molar-refractivity contribution in [3.05, 3.63) is 65.2 Å². The van der Waals surface area contributed by atoms with Crippen molar-refractivity contribution >= 4 is 11.8 Å². The van der Waals surface area contributed by atoms with E-state index in [2.05, 4.69) is 67.8 Å². The van der Waals surface area contributed by atoms with Gasteiger partial charge in [-0.3, -0.25) is 0 Å². The molecule has 0 heterocycles. The smallest absolute Gasteiger partial charge is 0.0444 e. The number of aryl methyl sites for hydroxylation is 2. The predicted octanol–water partition coefficient (Wildman–Crippen LogP) is 4.36. The topological polar surface area (TPSA) is 12.0 Å². The molecule has 0 fully saturated rings. The van der Waals surface area contributed by atoms with E-state index in [0.29, 0.717) is 11.3 Å². The second-order valence-corrected chi connectivity index (χ2v) is 6.71. The number of rotatable bonds is 3. The quantitative estimate of drug-likeness (QED) is 0.898. The minimum atomic E-state index is 0.449. The highest BCUT2D eigenvalue weighted by atomic mass is 32.2. The van der Waals surface area contributed by atoms with Gasteiger partial charge in [-0.15, -0.1) is 11.8 Å². The van der Waals surface area contributed by atoms with E-state index >= 15 is 0 Å². The molecule has 0 saturated carbocycles. The first kappa shape index (κ1) is 13.7. The average Bonchev–Trinajstić information content (AvgIpc) is 2.49. The van der Waals surface area contributed by atoms with Crippen molar-refractivity contribution in [2.75, 3.05) is 7.05 Å². The number of fused-ring (bicyclic) bond motifs is 1. The molecular formula is C18H21NS. The Kier molecular flexibility index (Phi) is 4.13. The summed E-state index contributed by atoms with van der Waals surface area (Å²) in [6, 6.07) is 18.0. The van der Waals surface area contributed by atoms with Gasteiger partial charge < -0.3 is 5.32 Å². The molecule has 1 N–H and O–H groups in total. The fourth-order valence-electron chi connectivity index (χ4n) is 3.05. The fraction of sp³-hybridized carbons (Fsp3) is 0.333. The summed E-state index contributed by atoms with van der Waals surface area (Å²) in [5, 5.41) is 4.14. The van der Waals surface area contributed by atoms with Crippen LogP contribution in [0.1, 0.15) is 29.2 Å². The van der Waals surface area contributed by atoms with Crippen molar-refractivity contribution in [3.63, 3.8) is 0 Å². The first-order valence-corrected chi connectivity index (χ1v) is 8.15. The molecular weight excluding hydrogens is 262 g/mol. The summed E-state index contributed by atoms with van der Waals surface area (Å²) < 4.78 is 0. The van der Waals surface area contributed by atoms with E-state index in [1.165, 1.54) is 34.4 Å². The van der Waals surface area contributed by atoms with Gasteiger partial charge in [0.15, 0.2) is 0 Å². The number of hydrogen-bond acceptors (Lipinski definition) is 2. The zero-order valence-electron chi connectivity index (χ0n) is 12.1. The molecule has 0 amide bonds. The Morgan fingerprint density at radius 2 is 1.80 bits per heavy atom. The molecule has 104 valence electrons. The Morgan fingerprint density at radius 3 is 2.60 bits per heavy atom. The molecule has 0 radical (unpaired) electrons. The molecule has 1 nitrogen and oxygen atoms in total. The summed E-state index contributed by atoms with van der Waals surface area (Å²) in [6.07, 6.45) is 2.43. The maximum atomic E-state index is 3.53. The Hall–Kier alpha value is -1.25. The van der Waals surface area contributed by atoms with Gasteiger partial charge in [0.25, 0.3) is 0 Å². The van der Waals surface area contributed by atoms with Gasteiger partial charge in [0.2, 0.25) is 0 Å². The van der Waals surface area contributed by atoms with Gasteiger partial charge in [0, 0.05) is 16.2 Å². The van der Waals surface area contributed by atoms with Crippen LogP contribution in [0.5, 0.6) is 0 Å². The largest absolute Gasteiger partial charge is 0.312 e. The van der Waals surface area contributed by atoms with Gasteiger partial charge in [-0.05, 0) is 49.6 Å². The van der Waals surface area contributed by atoms with Crippen molar-refractivity contribution in [3.8, 4) is 0 Å².